The molecule has 2 aromatic carbocycles. The predicted octanol–water partition coefficient (Wildman–Crippen LogP) is 1.71. The lowest BCUT2D eigenvalue weighted by Crippen LogP contribution is -2.30. The number of benzene rings is 2. The molecule has 0 radical (unpaired) electrons. The molecule has 11 nitrogen and oxygen atoms in total. The first-order valence-electron chi connectivity index (χ1n) is 10.9. The highest BCUT2D eigenvalue weighted by Crippen LogP contribution is 2.18. The molecule has 0 aliphatic heterocycles. The Morgan fingerprint density at radius 3 is 2.54 bits per heavy atom. The molecule has 2 heterocycles. The summed E-state index contributed by atoms with van der Waals surface area (Å²) in [6.07, 6.45) is -0.976. The second kappa shape index (κ2) is 10.3. The van der Waals surface area contributed by atoms with Gasteiger partial charge in [0.05, 0.1) is 19.4 Å². The summed E-state index contributed by atoms with van der Waals surface area (Å²) in [6, 6.07) is 16.5. The summed E-state index contributed by atoms with van der Waals surface area (Å²) in [5, 5.41) is 15.0. The van der Waals surface area contributed by atoms with Crippen LogP contribution in [0.5, 0.6) is 11.5 Å². The van der Waals surface area contributed by atoms with Gasteiger partial charge in [-0.3, -0.25) is 14.3 Å². The number of aromatic amines is 1. The molecule has 35 heavy (non-hydrogen) atoms. The number of H-pyrrole nitrogens is 1. The summed E-state index contributed by atoms with van der Waals surface area (Å²) < 4.78 is 13.5. The smallest absolute Gasteiger partial charge is 0.329 e. The molecule has 0 bridgehead atoms. The summed E-state index contributed by atoms with van der Waals surface area (Å²) in [5.74, 6) is 1.53. The maximum Gasteiger partial charge on any atom is 0.329 e. The van der Waals surface area contributed by atoms with Gasteiger partial charge in [0, 0.05) is 7.05 Å². The Morgan fingerprint density at radius 2 is 1.86 bits per heavy atom. The third-order valence-electron chi connectivity index (χ3n) is 5.42. The fourth-order valence-electron chi connectivity index (χ4n) is 3.50. The van der Waals surface area contributed by atoms with Crippen LogP contribution < -0.4 is 26.1 Å². The number of hydrazone groups is 1. The Bertz CT molecular complexity index is 1450. The molecule has 4 rings (SSSR count). The molecule has 182 valence electrons. The highest BCUT2D eigenvalue weighted by Gasteiger charge is 2.20. The van der Waals surface area contributed by atoms with Gasteiger partial charge in [-0.25, -0.2) is 10.2 Å². The van der Waals surface area contributed by atoms with Crippen molar-refractivity contribution in [3.8, 4) is 11.5 Å². The minimum atomic E-state index is -0.976. The van der Waals surface area contributed by atoms with Gasteiger partial charge in [-0.2, -0.15) is 10.1 Å². The molecule has 0 saturated heterocycles. The zero-order chi connectivity index (χ0) is 24.9. The van der Waals surface area contributed by atoms with Gasteiger partial charge in [-0.05, 0) is 48.9 Å². The number of methoxy groups -OCH3 is 1. The first kappa shape index (κ1) is 23.8. The number of fused-ring (bicyclic) bond motifs is 1. The molecule has 3 N–H and O–H groups in total. The van der Waals surface area contributed by atoms with Crippen LogP contribution in [0.25, 0.3) is 11.2 Å². The lowest BCUT2D eigenvalue weighted by atomic mass is 10.1. The number of nitrogens with zero attached hydrogens (tertiary/aromatic N) is 4. The Balaban J connectivity index is 1.64. The summed E-state index contributed by atoms with van der Waals surface area (Å²) in [7, 11) is 3.10. The molecule has 0 fully saturated rings. The van der Waals surface area contributed by atoms with Crippen molar-refractivity contribution < 1.29 is 14.6 Å². The van der Waals surface area contributed by atoms with Crippen molar-refractivity contribution in [2.45, 2.75) is 19.6 Å². The van der Waals surface area contributed by atoms with Crippen LogP contribution in [0.2, 0.25) is 0 Å². The molecule has 0 spiro atoms. The van der Waals surface area contributed by atoms with E-state index in [0.29, 0.717) is 11.5 Å². The van der Waals surface area contributed by atoms with Gasteiger partial charge in [0.15, 0.2) is 11.2 Å². The van der Waals surface area contributed by atoms with Gasteiger partial charge in [0.1, 0.15) is 24.2 Å². The Labute approximate surface area is 200 Å². The van der Waals surface area contributed by atoms with E-state index in [0.717, 1.165) is 11.3 Å². The number of para-hydroxylation sites is 1. The van der Waals surface area contributed by atoms with Crippen LogP contribution in [0.15, 0.2) is 69.3 Å². The van der Waals surface area contributed by atoms with Crippen molar-refractivity contribution in [3.05, 3.63) is 81.0 Å². The summed E-state index contributed by atoms with van der Waals surface area (Å²) >= 11 is 0. The quantitative estimate of drug-likeness (QED) is 0.246. The van der Waals surface area contributed by atoms with Crippen LogP contribution in [0.4, 0.5) is 5.95 Å². The first-order chi connectivity index (χ1) is 16.9. The SMILES string of the molecule is COc1ccc(C(C)=NNc2nc3c(c(=O)[nH]c(=O)n3C)n2C[C@@H](O)COc2ccccc2)cc1. The van der Waals surface area contributed by atoms with E-state index in [4.69, 9.17) is 9.47 Å². The van der Waals surface area contributed by atoms with Gasteiger partial charge in [0.2, 0.25) is 5.95 Å². The van der Waals surface area contributed by atoms with E-state index in [-0.39, 0.29) is 30.3 Å². The van der Waals surface area contributed by atoms with Crippen LogP contribution in [0.1, 0.15) is 12.5 Å². The van der Waals surface area contributed by atoms with Crippen molar-refractivity contribution in [2.24, 2.45) is 12.1 Å². The fraction of sp³-hybridized carbons (Fsp3) is 0.250. The van der Waals surface area contributed by atoms with E-state index < -0.39 is 17.4 Å². The minimum Gasteiger partial charge on any atom is -0.497 e. The third-order valence-corrected chi connectivity index (χ3v) is 5.42. The molecular formula is C24H26N6O5. The van der Waals surface area contributed by atoms with Crippen molar-refractivity contribution in [1.82, 2.24) is 19.1 Å². The topological polar surface area (TPSA) is 136 Å². The average Bonchev–Trinajstić information content (AvgIpc) is 3.24. The normalized spacial score (nSPS) is 12.5. The lowest BCUT2D eigenvalue weighted by molar-refractivity contribution is 0.0938. The van der Waals surface area contributed by atoms with E-state index in [9.17, 15) is 14.7 Å². The summed E-state index contributed by atoms with van der Waals surface area (Å²) in [5.41, 5.74) is 3.46. The van der Waals surface area contributed by atoms with E-state index in [1.54, 1.807) is 19.2 Å². The van der Waals surface area contributed by atoms with Crippen molar-refractivity contribution >= 4 is 22.8 Å². The number of aromatic nitrogens is 4. The van der Waals surface area contributed by atoms with Gasteiger partial charge < -0.3 is 19.1 Å². The van der Waals surface area contributed by atoms with Crippen LogP contribution in [0, 0.1) is 0 Å². The number of ether oxygens (including phenoxy) is 2. The van der Waals surface area contributed by atoms with E-state index in [1.807, 2.05) is 49.4 Å². The van der Waals surface area contributed by atoms with Gasteiger partial charge in [-0.1, -0.05) is 18.2 Å². The molecule has 0 amide bonds. The van der Waals surface area contributed by atoms with Crippen LogP contribution in [-0.2, 0) is 13.6 Å². The number of rotatable bonds is 9. The van der Waals surface area contributed by atoms with Crippen molar-refractivity contribution in [2.75, 3.05) is 19.1 Å². The highest BCUT2D eigenvalue weighted by atomic mass is 16.5. The minimum absolute atomic E-state index is 0.0130. The molecule has 0 aliphatic carbocycles. The third kappa shape index (κ3) is 5.25. The number of aliphatic hydroxyl groups is 1. The van der Waals surface area contributed by atoms with Crippen molar-refractivity contribution in [3.63, 3.8) is 0 Å². The second-order valence-corrected chi connectivity index (χ2v) is 7.85. The number of hydrogen-bond acceptors (Lipinski definition) is 8. The lowest BCUT2D eigenvalue weighted by Gasteiger charge is -2.15. The maximum absolute atomic E-state index is 12.6. The average molecular weight is 479 g/mol. The Kier molecular flexibility index (Phi) is 6.97. The molecule has 2 aromatic heterocycles. The molecule has 0 aliphatic rings. The van der Waals surface area contributed by atoms with Gasteiger partial charge >= 0.3 is 5.69 Å². The maximum atomic E-state index is 12.6. The molecular weight excluding hydrogens is 452 g/mol. The van der Waals surface area contributed by atoms with Crippen LogP contribution >= 0.6 is 0 Å². The number of aryl methyl sites for hydroxylation is 1. The molecule has 0 saturated carbocycles. The zero-order valence-corrected chi connectivity index (χ0v) is 19.6. The van der Waals surface area contributed by atoms with E-state index >= 15 is 0 Å². The standard InChI is InChI=1S/C24H26N6O5/c1-15(16-9-11-18(34-3)12-10-16)27-28-23-25-21-20(22(32)26-24(33)29(21)2)30(23)13-17(31)14-35-19-7-5-4-6-8-19/h4-12,17,31H,13-14H2,1-3H3,(H,25,28)(H,26,32,33)/t17-/m1/s1. The van der Waals surface area contributed by atoms with E-state index in [1.165, 1.54) is 16.2 Å². The monoisotopic (exact) mass is 478 g/mol. The van der Waals surface area contributed by atoms with Crippen molar-refractivity contribution in [1.29, 1.82) is 0 Å². The number of aliphatic hydroxyl groups excluding tert-OH is 1. The van der Waals surface area contributed by atoms with Crippen LogP contribution in [-0.4, -0.2) is 49.7 Å². The highest BCUT2D eigenvalue weighted by molar-refractivity contribution is 5.99. The Morgan fingerprint density at radius 1 is 1.14 bits per heavy atom. The number of nitrogens with one attached hydrogen (secondary N) is 2. The zero-order valence-electron chi connectivity index (χ0n) is 19.6. The molecule has 0 unspecified atom stereocenters. The molecule has 4 aromatic rings. The summed E-state index contributed by atoms with van der Waals surface area (Å²) in [4.78, 5) is 31.4. The largest absolute Gasteiger partial charge is 0.497 e. The number of imidazole rings is 1. The predicted molar refractivity (Wildman–Crippen MR) is 132 cm³/mol. The fourth-order valence-corrected chi connectivity index (χ4v) is 3.50. The van der Waals surface area contributed by atoms with E-state index in [2.05, 4.69) is 20.5 Å². The van der Waals surface area contributed by atoms with Gasteiger partial charge in [0.25, 0.3) is 5.56 Å². The number of anilines is 1. The van der Waals surface area contributed by atoms with Gasteiger partial charge in [-0.15, -0.1) is 0 Å². The first-order valence-corrected chi connectivity index (χ1v) is 10.9. The Hall–Kier alpha value is -4.38. The molecule has 11 heteroatoms. The van der Waals surface area contributed by atoms with Crippen LogP contribution in [0.3, 0.4) is 0 Å². The number of hydrogen-bond donors (Lipinski definition) is 3. The summed E-state index contributed by atoms with van der Waals surface area (Å²) in [6.45, 7) is 1.78. The second-order valence-electron chi connectivity index (χ2n) is 7.85. The molecule has 1 atom stereocenters.